The molecule has 1 N–H and O–H groups in total. The summed E-state index contributed by atoms with van der Waals surface area (Å²) < 4.78 is 4.69. The van der Waals surface area contributed by atoms with E-state index in [4.69, 9.17) is 0 Å². The highest BCUT2D eigenvalue weighted by Gasteiger charge is 2.15. The summed E-state index contributed by atoms with van der Waals surface area (Å²) in [6.07, 6.45) is 0.843. The van der Waals surface area contributed by atoms with Gasteiger partial charge in [-0.1, -0.05) is 11.3 Å². The molecule has 5 nitrogen and oxygen atoms in total. The lowest BCUT2D eigenvalue weighted by Crippen LogP contribution is -2.04. The van der Waals surface area contributed by atoms with Crippen molar-refractivity contribution in [2.24, 2.45) is 0 Å². The molecule has 0 unspecified atom stereocenters. The van der Waals surface area contributed by atoms with Gasteiger partial charge in [0.1, 0.15) is 4.88 Å². The van der Waals surface area contributed by atoms with E-state index in [0.29, 0.717) is 10.6 Å². The third kappa shape index (κ3) is 3.05. The topological polar surface area (TPSA) is 64.1 Å². The molecule has 0 aliphatic rings. The van der Waals surface area contributed by atoms with E-state index < -0.39 is 0 Å². The van der Waals surface area contributed by atoms with Crippen molar-refractivity contribution in [3.63, 3.8) is 0 Å². The predicted octanol–water partition coefficient (Wildman–Crippen LogP) is 2.35. The van der Waals surface area contributed by atoms with Crippen LogP contribution in [0.4, 0.5) is 5.13 Å². The first kappa shape index (κ1) is 13.0. The van der Waals surface area contributed by atoms with Crippen molar-refractivity contribution in [2.45, 2.75) is 13.3 Å². The number of aryl methyl sites for hydroxylation is 1. The minimum Gasteiger partial charge on any atom is -0.465 e. The van der Waals surface area contributed by atoms with Crippen LogP contribution < -0.4 is 5.32 Å². The van der Waals surface area contributed by atoms with Gasteiger partial charge in [0.2, 0.25) is 0 Å². The quantitative estimate of drug-likeness (QED) is 0.853. The first-order chi connectivity index (χ1) is 8.70. The van der Waals surface area contributed by atoms with Crippen molar-refractivity contribution in [1.29, 1.82) is 0 Å². The molecule has 2 heterocycles. The van der Waals surface area contributed by atoms with Gasteiger partial charge in [-0.25, -0.2) is 14.8 Å². The fourth-order valence-corrected chi connectivity index (χ4v) is 2.92. The number of hydrogen-bond donors (Lipinski definition) is 1. The number of methoxy groups -OCH3 is 1. The normalized spacial score (nSPS) is 10.3. The van der Waals surface area contributed by atoms with Gasteiger partial charge < -0.3 is 10.1 Å². The Labute approximate surface area is 113 Å². The Balaban J connectivity index is 1.92. The molecule has 0 bridgehead atoms. The molecule has 0 aromatic carbocycles. The van der Waals surface area contributed by atoms with Gasteiger partial charge in [0.05, 0.1) is 24.0 Å². The zero-order valence-electron chi connectivity index (χ0n) is 10.1. The van der Waals surface area contributed by atoms with Gasteiger partial charge in [-0.2, -0.15) is 0 Å². The molecule has 0 saturated heterocycles. The summed E-state index contributed by atoms with van der Waals surface area (Å²) in [5.41, 5.74) is 3.58. The molecule has 0 spiro atoms. The maximum absolute atomic E-state index is 11.4. The second-order valence-corrected chi connectivity index (χ2v) is 5.30. The largest absolute Gasteiger partial charge is 0.465 e. The number of nitrogens with zero attached hydrogens (tertiary/aromatic N) is 2. The van der Waals surface area contributed by atoms with Crippen LogP contribution >= 0.6 is 22.7 Å². The molecule has 0 atom stereocenters. The van der Waals surface area contributed by atoms with Gasteiger partial charge in [0, 0.05) is 18.3 Å². The zero-order chi connectivity index (χ0) is 13.0. The van der Waals surface area contributed by atoms with Crippen LogP contribution in [0.25, 0.3) is 0 Å². The lowest BCUT2D eigenvalue weighted by molar-refractivity contribution is 0.0605. The van der Waals surface area contributed by atoms with E-state index in [0.717, 1.165) is 23.8 Å². The molecule has 18 heavy (non-hydrogen) atoms. The molecule has 0 aliphatic heterocycles. The second kappa shape index (κ2) is 5.92. The van der Waals surface area contributed by atoms with Crippen LogP contribution in [-0.2, 0) is 11.2 Å². The minimum absolute atomic E-state index is 0.336. The molecule has 0 saturated carbocycles. The van der Waals surface area contributed by atoms with E-state index in [1.54, 1.807) is 18.3 Å². The monoisotopic (exact) mass is 283 g/mol. The van der Waals surface area contributed by atoms with Crippen LogP contribution in [0.5, 0.6) is 0 Å². The molecule has 0 fully saturated rings. The summed E-state index contributed by atoms with van der Waals surface area (Å²) in [5, 5.41) is 5.95. The van der Waals surface area contributed by atoms with Crippen LogP contribution in [0.2, 0.25) is 0 Å². The number of rotatable bonds is 5. The Bertz CT molecular complexity index is 522. The van der Waals surface area contributed by atoms with Gasteiger partial charge in [0.15, 0.2) is 5.13 Å². The lowest BCUT2D eigenvalue weighted by Gasteiger charge is -1.99. The van der Waals surface area contributed by atoms with Gasteiger partial charge in [-0.15, -0.1) is 11.3 Å². The number of esters is 1. The number of carbonyl (C=O) groups is 1. The maximum Gasteiger partial charge on any atom is 0.350 e. The summed E-state index contributed by atoms with van der Waals surface area (Å²) >= 11 is 2.90. The summed E-state index contributed by atoms with van der Waals surface area (Å²) in [7, 11) is 1.37. The summed E-state index contributed by atoms with van der Waals surface area (Å²) in [4.78, 5) is 20.5. The molecule has 2 aromatic rings. The highest BCUT2D eigenvalue weighted by atomic mass is 32.1. The molecule has 0 radical (unpaired) electrons. The lowest BCUT2D eigenvalue weighted by atomic mass is 10.3. The van der Waals surface area contributed by atoms with Crippen molar-refractivity contribution >= 4 is 33.8 Å². The summed E-state index contributed by atoms with van der Waals surface area (Å²) in [6, 6.07) is 0. The molecule has 2 aromatic heterocycles. The first-order valence-corrected chi connectivity index (χ1v) is 7.13. The molecule has 0 aliphatic carbocycles. The number of anilines is 1. The van der Waals surface area contributed by atoms with Crippen molar-refractivity contribution in [3.05, 3.63) is 27.2 Å². The Morgan fingerprint density at radius 1 is 1.56 bits per heavy atom. The van der Waals surface area contributed by atoms with Crippen molar-refractivity contribution in [2.75, 3.05) is 19.0 Å². The van der Waals surface area contributed by atoms with Crippen molar-refractivity contribution in [3.8, 4) is 0 Å². The maximum atomic E-state index is 11.4. The number of aromatic nitrogens is 2. The van der Waals surface area contributed by atoms with E-state index in [1.807, 2.05) is 10.9 Å². The Hall–Kier alpha value is -1.47. The number of nitrogens with one attached hydrogen (secondary N) is 1. The highest BCUT2D eigenvalue weighted by molar-refractivity contribution is 7.17. The Kier molecular flexibility index (Phi) is 4.27. The molecular weight excluding hydrogens is 270 g/mol. The fourth-order valence-electron chi connectivity index (χ4n) is 1.41. The van der Waals surface area contributed by atoms with Crippen molar-refractivity contribution in [1.82, 2.24) is 9.97 Å². The fraction of sp³-hybridized carbons (Fsp3) is 0.364. The molecule has 96 valence electrons. The SMILES string of the molecule is COC(=O)c1sc(NCCc2cscn2)nc1C. The Morgan fingerprint density at radius 3 is 3.06 bits per heavy atom. The average Bonchev–Trinajstić information content (AvgIpc) is 2.98. The van der Waals surface area contributed by atoms with E-state index >= 15 is 0 Å². The van der Waals surface area contributed by atoms with E-state index in [2.05, 4.69) is 20.0 Å². The van der Waals surface area contributed by atoms with Gasteiger partial charge in [-0.3, -0.25) is 0 Å². The van der Waals surface area contributed by atoms with Gasteiger partial charge in [0.25, 0.3) is 0 Å². The average molecular weight is 283 g/mol. The predicted molar refractivity (Wildman–Crippen MR) is 72.5 cm³/mol. The second-order valence-electron chi connectivity index (χ2n) is 3.58. The number of carbonyl (C=O) groups excluding carboxylic acids is 1. The Morgan fingerprint density at radius 2 is 2.39 bits per heavy atom. The highest BCUT2D eigenvalue weighted by Crippen LogP contribution is 2.23. The van der Waals surface area contributed by atoms with Crippen LogP contribution in [0.15, 0.2) is 10.9 Å². The van der Waals surface area contributed by atoms with Crippen molar-refractivity contribution < 1.29 is 9.53 Å². The molecular formula is C11H13N3O2S2. The zero-order valence-corrected chi connectivity index (χ0v) is 11.7. The molecule has 7 heteroatoms. The van der Waals surface area contributed by atoms with Crippen LogP contribution in [0.3, 0.4) is 0 Å². The number of ether oxygens (including phenoxy) is 1. The van der Waals surface area contributed by atoms with Gasteiger partial charge in [-0.05, 0) is 6.92 Å². The minimum atomic E-state index is -0.336. The number of thiazole rings is 2. The van der Waals surface area contributed by atoms with E-state index in [9.17, 15) is 4.79 Å². The van der Waals surface area contributed by atoms with Crippen LogP contribution in [0.1, 0.15) is 21.1 Å². The third-order valence-corrected chi connectivity index (χ3v) is 4.04. The molecule has 2 rings (SSSR count). The van der Waals surface area contributed by atoms with E-state index in [1.165, 1.54) is 18.4 Å². The van der Waals surface area contributed by atoms with Crippen LogP contribution in [0, 0.1) is 6.92 Å². The van der Waals surface area contributed by atoms with Gasteiger partial charge >= 0.3 is 5.97 Å². The standard InChI is InChI=1S/C11H13N3O2S2/c1-7-9(10(15)16-2)18-11(14-7)12-4-3-8-5-17-6-13-8/h5-6H,3-4H2,1-2H3,(H,12,14). The van der Waals surface area contributed by atoms with E-state index in [-0.39, 0.29) is 5.97 Å². The summed E-state index contributed by atoms with van der Waals surface area (Å²) in [5.74, 6) is -0.336. The molecule has 0 amide bonds. The number of hydrogen-bond acceptors (Lipinski definition) is 7. The first-order valence-electron chi connectivity index (χ1n) is 5.37. The third-order valence-electron chi connectivity index (χ3n) is 2.31. The smallest absolute Gasteiger partial charge is 0.350 e. The van der Waals surface area contributed by atoms with Crippen LogP contribution in [-0.4, -0.2) is 29.6 Å². The summed E-state index contributed by atoms with van der Waals surface area (Å²) in [6.45, 7) is 2.55.